The van der Waals surface area contributed by atoms with E-state index in [1.54, 1.807) is 6.08 Å². The van der Waals surface area contributed by atoms with Crippen molar-refractivity contribution < 1.29 is 9.59 Å². The van der Waals surface area contributed by atoms with Gasteiger partial charge in [0.15, 0.2) is 5.78 Å². The van der Waals surface area contributed by atoms with E-state index in [0.29, 0.717) is 11.5 Å². The van der Waals surface area contributed by atoms with Crippen molar-refractivity contribution in [3.8, 4) is 0 Å². The lowest BCUT2D eigenvalue weighted by atomic mass is 9.65. The smallest absolute Gasteiger partial charge is 0.163 e. The van der Waals surface area contributed by atoms with Crippen molar-refractivity contribution in [2.24, 2.45) is 23.2 Å². The van der Waals surface area contributed by atoms with E-state index in [4.69, 9.17) is 0 Å². The zero-order chi connectivity index (χ0) is 19.8. The SMILES string of the molecule is CC(C)=C/C=C/C(C)=C1/CC[C@]2(C)C[C@@H]3C(C)=CC(=O)[C@@H]3/C(C=O)=C\C[C@@H]12. The Morgan fingerprint density at radius 1 is 1.26 bits per heavy atom. The Bertz CT molecular complexity index is 798. The summed E-state index contributed by atoms with van der Waals surface area (Å²) in [5, 5.41) is 0. The molecule has 0 saturated heterocycles. The highest BCUT2D eigenvalue weighted by molar-refractivity contribution is 6.01. The molecular formula is C25H32O2. The van der Waals surface area contributed by atoms with Gasteiger partial charge in [-0.2, -0.15) is 0 Å². The van der Waals surface area contributed by atoms with Crippen molar-refractivity contribution in [1.29, 1.82) is 0 Å². The van der Waals surface area contributed by atoms with Crippen LogP contribution in [0.3, 0.4) is 0 Å². The predicted octanol–water partition coefficient (Wildman–Crippen LogP) is 5.92. The maximum Gasteiger partial charge on any atom is 0.163 e. The third-order valence-electron chi connectivity index (χ3n) is 6.94. The first-order valence-corrected chi connectivity index (χ1v) is 10.2. The van der Waals surface area contributed by atoms with Crippen LogP contribution >= 0.6 is 0 Å². The van der Waals surface area contributed by atoms with Gasteiger partial charge in [-0.1, -0.05) is 53.5 Å². The molecule has 4 atom stereocenters. The molecule has 0 aromatic carbocycles. The van der Waals surface area contributed by atoms with Crippen LogP contribution in [0.4, 0.5) is 0 Å². The van der Waals surface area contributed by atoms with Gasteiger partial charge in [0, 0.05) is 0 Å². The zero-order valence-corrected chi connectivity index (χ0v) is 17.3. The number of hydrogen-bond acceptors (Lipinski definition) is 2. The van der Waals surface area contributed by atoms with Gasteiger partial charge in [0.25, 0.3) is 0 Å². The summed E-state index contributed by atoms with van der Waals surface area (Å²) < 4.78 is 0. The Balaban J connectivity index is 1.99. The van der Waals surface area contributed by atoms with E-state index in [9.17, 15) is 9.59 Å². The summed E-state index contributed by atoms with van der Waals surface area (Å²) in [4.78, 5) is 24.2. The monoisotopic (exact) mass is 364 g/mol. The Morgan fingerprint density at radius 3 is 2.67 bits per heavy atom. The van der Waals surface area contributed by atoms with Gasteiger partial charge in [0.1, 0.15) is 6.29 Å². The maximum absolute atomic E-state index is 12.5. The number of fused-ring (bicyclic) bond motifs is 2. The fourth-order valence-electron chi connectivity index (χ4n) is 5.39. The summed E-state index contributed by atoms with van der Waals surface area (Å²) in [5.41, 5.74) is 6.22. The van der Waals surface area contributed by atoms with Crippen molar-refractivity contribution in [3.63, 3.8) is 0 Å². The first-order valence-electron chi connectivity index (χ1n) is 10.2. The van der Waals surface area contributed by atoms with Crippen LogP contribution in [0.5, 0.6) is 0 Å². The topological polar surface area (TPSA) is 34.1 Å². The van der Waals surface area contributed by atoms with Crippen molar-refractivity contribution in [3.05, 3.63) is 58.2 Å². The second-order valence-electron chi connectivity index (χ2n) is 9.15. The summed E-state index contributed by atoms with van der Waals surface area (Å²) in [5.74, 6) is 0.510. The Hall–Kier alpha value is -1.96. The highest BCUT2D eigenvalue weighted by atomic mass is 16.1. The molecule has 0 bridgehead atoms. The van der Waals surface area contributed by atoms with E-state index >= 15 is 0 Å². The molecular weight excluding hydrogens is 332 g/mol. The predicted molar refractivity (Wildman–Crippen MR) is 111 cm³/mol. The van der Waals surface area contributed by atoms with Crippen molar-refractivity contribution in [2.75, 3.05) is 0 Å². The molecule has 0 radical (unpaired) electrons. The van der Waals surface area contributed by atoms with Gasteiger partial charge in [0.2, 0.25) is 0 Å². The molecule has 3 aliphatic carbocycles. The molecule has 2 heteroatoms. The van der Waals surface area contributed by atoms with Gasteiger partial charge in [-0.15, -0.1) is 0 Å². The number of carbonyl (C=O) groups is 2. The molecule has 1 saturated carbocycles. The van der Waals surface area contributed by atoms with Crippen LogP contribution in [-0.4, -0.2) is 12.1 Å². The number of hydrogen-bond donors (Lipinski definition) is 0. The molecule has 3 aliphatic rings. The molecule has 0 amide bonds. The molecule has 144 valence electrons. The summed E-state index contributed by atoms with van der Waals surface area (Å²) in [6.45, 7) is 10.9. The van der Waals surface area contributed by atoms with Crippen LogP contribution in [0.25, 0.3) is 0 Å². The van der Waals surface area contributed by atoms with Crippen LogP contribution in [0.1, 0.15) is 60.3 Å². The van der Waals surface area contributed by atoms with Crippen LogP contribution in [0.15, 0.2) is 58.2 Å². The first-order chi connectivity index (χ1) is 12.8. The van der Waals surface area contributed by atoms with Crippen LogP contribution in [0.2, 0.25) is 0 Å². The van der Waals surface area contributed by atoms with E-state index in [0.717, 1.165) is 37.5 Å². The van der Waals surface area contributed by atoms with E-state index in [1.807, 2.05) is 0 Å². The molecule has 0 aromatic heterocycles. The Morgan fingerprint density at radius 2 is 2.00 bits per heavy atom. The quantitative estimate of drug-likeness (QED) is 0.460. The van der Waals surface area contributed by atoms with Crippen LogP contribution in [-0.2, 0) is 9.59 Å². The van der Waals surface area contributed by atoms with Gasteiger partial charge in [-0.25, -0.2) is 0 Å². The number of rotatable bonds is 3. The van der Waals surface area contributed by atoms with Gasteiger partial charge in [-0.05, 0) is 82.3 Å². The largest absolute Gasteiger partial charge is 0.298 e. The number of allylic oxidation sites excluding steroid dienone is 10. The average molecular weight is 365 g/mol. The van der Waals surface area contributed by atoms with E-state index in [-0.39, 0.29) is 23.0 Å². The molecule has 3 rings (SSSR count). The van der Waals surface area contributed by atoms with E-state index in [1.165, 1.54) is 16.7 Å². The third-order valence-corrected chi connectivity index (χ3v) is 6.94. The summed E-state index contributed by atoms with van der Waals surface area (Å²) in [6, 6.07) is 0. The number of ketones is 1. The molecule has 27 heavy (non-hydrogen) atoms. The minimum atomic E-state index is -0.244. The highest BCUT2D eigenvalue weighted by Gasteiger charge is 2.48. The van der Waals surface area contributed by atoms with E-state index in [2.05, 4.69) is 58.9 Å². The standard InChI is InChI=1S/C25H32O2/c1-16(2)7-6-8-17(3)20-11-12-25(5)14-21-18(4)13-23(27)24(21)19(15-26)9-10-22(20)25/h6-9,13,15,21-22,24H,10-12,14H2,1-5H3/b8-6+,19-9-,20-17-/t21-,22+,24-,25-/m1/s1. The molecule has 0 unspecified atom stereocenters. The summed E-state index contributed by atoms with van der Waals surface area (Å²) in [6.07, 6.45) is 15.4. The molecule has 1 fully saturated rings. The molecule has 0 N–H and O–H groups in total. The minimum Gasteiger partial charge on any atom is -0.298 e. The fraction of sp³-hybridized carbons (Fsp3) is 0.520. The molecule has 0 aliphatic heterocycles. The van der Waals surface area contributed by atoms with Crippen molar-refractivity contribution >= 4 is 12.1 Å². The van der Waals surface area contributed by atoms with Gasteiger partial charge < -0.3 is 0 Å². The molecule has 0 spiro atoms. The minimum absolute atomic E-state index is 0.118. The molecule has 0 aromatic rings. The van der Waals surface area contributed by atoms with E-state index < -0.39 is 0 Å². The Labute approximate surface area is 163 Å². The average Bonchev–Trinajstić information content (AvgIpc) is 3.04. The number of aldehydes is 1. The second kappa shape index (κ2) is 7.58. The lowest BCUT2D eigenvalue weighted by molar-refractivity contribution is -0.119. The van der Waals surface area contributed by atoms with Gasteiger partial charge >= 0.3 is 0 Å². The van der Waals surface area contributed by atoms with Gasteiger partial charge in [-0.3, -0.25) is 9.59 Å². The highest BCUT2D eigenvalue weighted by Crippen LogP contribution is 2.56. The lowest BCUT2D eigenvalue weighted by Crippen LogP contribution is -2.32. The van der Waals surface area contributed by atoms with Crippen LogP contribution < -0.4 is 0 Å². The van der Waals surface area contributed by atoms with Crippen molar-refractivity contribution in [2.45, 2.75) is 60.3 Å². The van der Waals surface area contributed by atoms with Crippen molar-refractivity contribution in [1.82, 2.24) is 0 Å². The third kappa shape index (κ3) is 3.72. The lowest BCUT2D eigenvalue weighted by Gasteiger charge is -2.38. The first kappa shape index (κ1) is 19.8. The summed E-state index contributed by atoms with van der Waals surface area (Å²) in [7, 11) is 0. The summed E-state index contributed by atoms with van der Waals surface area (Å²) >= 11 is 0. The molecule has 0 heterocycles. The van der Waals surface area contributed by atoms with Crippen LogP contribution in [0, 0.1) is 23.2 Å². The maximum atomic E-state index is 12.5. The fourth-order valence-corrected chi connectivity index (χ4v) is 5.39. The van der Waals surface area contributed by atoms with Gasteiger partial charge in [0.05, 0.1) is 5.92 Å². The molecule has 2 nitrogen and oxygen atoms in total. The Kier molecular flexibility index (Phi) is 5.55. The normalized spacial score (nSPS) is 36.9. The zero-order valence-electron chi connectivity index (χ0n) is 17.3. The second-order valence-corrected chi connectivity index (χ2v) is 9.15. The number of carbonyl (C=O) groups excluding carboxylic acids is 2.